The molecule has 0 aliphatic heterocycles. The van der Waals surface area contributed by atoms with Gasteiger partial charge in [0.2, 0.25) is 0 Å². The summed E-state index contributed by atoms with van der Waals surface area (Å²) in [5, 5.41) is 2.55. The minimum absolute atomic E-state index is 0.00279. The molecular formula is C14H12ClNO5S. The van der Waals surface area contributed by atoms with Gasteiger partial charge in [0, 0.05) is 5.56 Å². The van der Waals surface area contributed by atoms with Crippen molar-refractivity contribution in [3.63, 3.8) is 0 Å². The number of carbonyl (C=O) groups is 1. The molecule has 0 aromatic heterocycles. The Kier molecular flexibility index (Phi) is 4.70. The zero-order valence-electron chi connectivity index (χ0n) is 11.4. The van der Waals surface area contributed by atoms with Crippen LogP contribution < -0.4 is 10.1 Å². The predicted molar refractivity (Wildman–Crippen MR) is 82.2 cm³/mol. The monoisotopic (exact) mass is 341 g/mol. The lowest BCUT2D eigenvalue weighted by molar-refractivity contribution is 0.102. The minimum atomic E-state index is -4.34. The number of rotatable bonds is 4. The fourth-order valence-electron chi connectivity index (χ4n) is 1.69. The van der Waals surface area contributed by atoms with Crippen molar-refractivity contribution >= 4 is 33.3 Å². The summed E-state index contributed by atoms with van der Waals surface area (Å²) in [7, 11) is -2.82. The van der Waals surface area contributed by atoms with Gasteiger partial charge in [-0.15, -0.1) is 0 Å². The third-order valence-corrected chi connectivity index (χ3v) is 4.00. The summed E-state index contributed by atoms with van der Waals surface area (Å²) < 4.78 is 35.9. The Balaban J connectivity index is 2.21. The van der Waals surface area contributed by atoms with Crippen LogP contribution in [0.25, 0.3) is 0 Å². The molecule has 0 aliphatic rings. The molecule has 2 rings (SSSR count). The lowest BCUT2D eigenvalue weighted by atomic mass is 10.2. The quantitative estimate of drug-likeness (QED) is 0.834. The van der Waals surface area contributed by atoms with E-state index in [-0.39, 0.29) is 15.6 Å². The average molecular weight is 342 g/mol. The largest absolute Gasteiger partial charge is 0.497 e. The highest BCUT2D eigenvalue weighted by Gasteiger charge is 2.14. The van der Waals surface area contributed by atoms with Gasteiger partial charge < -0.3 is 10.1 Å². The highest BCUT2D eigenvalue weighted by molar-refractivity contribution is 7.85. The van der Waals surface area contributed by atoms with Crippen LogP contribution in [0.3, 0.4) is 0 Å². The molecule has 6 nitrogen and oxygen atoms in total. The zero-order chi connectivity index (χ0) is 16.3. The summed E-state index contributed by atoms with van der Waals surface area (Å²) in [6.07, 6.45) is 0. The van der Waals surface area contributed by atoms with Crippen molar-refractivity contribution in [3.8, 4) is 5.75 Å². The van der Waals surface area contributed by atoms with Crippen molar-refractivity contribution < 1.29 is 22.5 Å². The second-order valence-electron chi connectivity index (χ2n) is 4.30. The summed E-state index contributed by atoms with van der Waals surface area (Å²) >= 11 is 5.90. The van der Waals surface area contributed by atoms with Gasteiger partial charge in [-0.05, 0) is 42.5 Å². The van der Waals surface area contributed by atoms with Gasteiger partial charge in [-0.2, -0.15) is 8.42 Å². The second kappa shape index (κ2) is 6.35. The Hall–Kier alpha value is -2.09. The van der Waals surface area contributed by atoms with Gasteiger partial charge in [0.25, 0.3) is 16.0 Å². The Morgan fingerprint density at radius 1 is 1.18 bits per heavy atom. The van der Waals surface area contributed by atoms with E-state index < -0.39 is 16.0 Å². The lowest BCUT2D eigenvalue weighted by Gasteiger charge is -2.08. The van der Waals surface area contributed by atoms with Gasteiger partial charge in [-0.3, -0.25) is 9.35 Å². The fraction of sp³-hybridized carbons (Fsp3) is 0.0714. The van der Waals surface area contributed by atoms with E-state index in [0.717, 1.165) is 12.1 Å². The van der Waals surface area contributed by atoms with Crippen LogP contribution >= 0.6 is 11.6 Å². The third-order valence-electron chi connectivity index (χ3n) is 2.84. The molecule has 1 amide bonds. The van der Waals surface area contributed by atoms with Crippen molar-refractivity contribution in [1.82, 2.24) is 0 Å². The average Bonchev–Trinajstić information content (AvgIpc) is 2.48. The standard InChI is InChI=1S/C14H12ClNO5S/c1-21-10-4-2-9(3-5-10)14(17)16-13-7-6-11(8-12(13)15)22(18,19)20/h2-8H,1H3,(H,16,17)(H,18,19,20). The van der Waals surface area contributed by atoms with Crippen LogP contribution in [0.15, 0.2) is 47.4 Å². The molecule has 0 bridgehead atoms. The van der Waals surface area contributed by atoms with Crippen LogP contribution in [0.4, 0.5) is 5.69 Å². The van der Waals surface area contributed by atoms with Crippen molar-refractivity contribution in [1.29, 1.82) is 0 Å². The highest BCUT2D eigenvalue weighted by Crippen LogP contribution is 2.25. The minimum Gasteiger partial charge on any atom is -0.497 e. The fourth-order valence-corrected chi connectivity index (χ4v) is 2.49. The molecule has 0 unspecified atom stereocenters. The maximum atomic E-state index is 12.1. The Bertz CT molecular complexity index is 802. The number of halogens is 1. The zero-order valence-corrected chi connectivity index (χ0v) is 13.0. The van der Waals surface area contributed by atoms with Gasteiger partial charge in [0.1, 0.15) is 5.75 Å². The molecule has 0 fully saturated rings. The van der Waals surface area contributed by atoms with Crippen LogP contribution in [0.1, 0.15) is 10.4 Å². The summed E-state index contributed by atoms with van der Waals surface area (Å²) in [5.74, 6) is 0.205. The third kappa shape index (κ3) is 3.76. The van der Waals surface area contributed by atoms with Crippen LogP contribution in [0.5, 0.6) is 5.75 Å². The van der Waals surface area contributed by atoms with Crippen LogP contribution in [0, 0.1) is 0 Å². The topological polar surface area (TPSA) is 92.7 Å². The predicted octanol–water partition coefficient (Wildman–Crippen LogP) is 2.85. The molecule has 2 aromatic rings. The molecule has 0 saturated heterocycles. The van der Waals surface area contributed by atoms with Crippen molar-refractivity contribution in [2.45, 2.75) is 4.90 Å². The first-order chi connectivity index (χ1) is 10.3. The molecule has 0 radical (unpaired) electrons. The van der Waals surface area contributed by atoms with Gasteiger partial charge in [0.05, 0.1) is 22.7 Å². The molecule has 0 heterocycles. The summed E-state index contributed by atoms with van der Waals surface area (Å²) in [6, 6.07) is 9.93. The van der Waals surface area contributed by atoms with E-state index in [1.807, 2.05) is 0 Å². The Morgan fingerprint density at radius 3 is 2.32 bits per heavy atom. The summed E-state index contributed by atoms with van der Waals surface area (Å²) in [6.45, 7) is 0. The van der Waals surface area contributed by atoms with Crippen molar-refractivity contribution in [2.75, 3.05) is 12.4 Å². The molecule has 2 N–H and O–H groups in total. The molecule has 2 aromatic carbocycles. The number of nitrogens with one attached hydrogen (secondary N) is 1. The SMILES string of the molecule is COc1ccc(C(=O)Nc2ccc(S(=O)(=O)O)cc2Cl)cc1. The molecule has 116 valence electrons. The summed E-state index contributed by atoms with van der Waals surface area (Å²) in [5.41, 5.74) is 0.616. The smallest absolute Gasteiger partial charge is 0.294 e. The van der Waals surface area contributed by atoms with Crippen LogP contribution in [0.2, 0.25) is 5.02 Å². The van der Waals surface area contributed by atoms with E-state index in [4.69, 9.17) is 20.9 Å². The second-order valence-corrected chi connectivity index (χ2v) is 6.13. The molecule has 22 heavy (non-hydrogen) atoms. The van der Waals surface area contributed by atoms with Crippen LogP contribution in [-0.2, 0) is 10.1 Å². The number of carbonyl (C=O) groups excluding carboxylic acids is 1. The molecule has 0 saturated carbocycles. The van der Waals surface area contributed by atoms with Gasteiger partial charge in [0.15, 0.2) is 0 Å². The number of ether oxygens (including phenoxy) is 1. The highest BCUT2D eigenvalue weighted by atomic mass is 35.5. The van der Waals surface area contributed by atoms with E-state index in [0.29, 0.717) is 11.3 Å². The van der Waals surface area contributed by atoms with Crippen LogP contribution in [-0.4, -0.2) is 26.0 Å². The number of methoxy groups -OCH3 is 1. The molecule has 0 spiro atoms. The van der Waals surface area contributed by atoms with Gasteiger partial charge in [-0.25, -0.2) is 0 Å². The first-order valence-corrected chi connectivity index (χ1v) is 7.85. The summed E-state index contributed by atoms with van der Waals surface area (Å²) in [4.78, 5) is 11.7. The van der Waals surface area contributed by atoms with Crippen molar-refractivity contribution in [3.05, 3.63) is 53.1 Å². The Morgan fingerprint density at radius 2 is 1.82 bits per heavy atom. The van der Waals surface area contributed by atoms with E-state index >= 15 is 0 Å². The van der Waals surface area contributed by atoms with E-state index in [2.05, 4.69) is 5.32 Å². The van der Waals surface area contributed by atoms with Crippen molar-refractivity contribution in [2.24, 2.45) is 0 Å². The van der Waals surface area contributed by atoms with E-state index in [9.17, 15) is 13.2 Å². The number of hydrogen-bond acceptors (Lipinski definition) is 4. The maximum Gasteiger partial charge on any atom is 0.294 e. The molecule has 8 heteroatoms. The number of amides is 1. The normalized spacial score (nSPS) is 11.0. The molecule has 0 aliphatic carbocycles. The molecular weight excluding hydrogens is 330 g/mol. The lowest BCUT2D eigenvalue weighted by Crippen LogP contribution is -2.12. The molecule has 0 atom stereocenters. The number of anilines is 1. The van der Waals surface area contributed by atoms with E-state index in [1.165, 1.54) is 13.2 Å². The van der Waals surface area contributed by atoms with Gasteiger partial charge >= 0.3 is 0 Å². The number of hydrogen-bond donors (Lipinski definition) is 2. The van der Waals surface area contributed by atoms with Gasteiger partial charge in [-0.1, -0.05) is 11.6 Å². The number of benzene rings is 2. The van der Waals surface area contributed by atoms with E-state index in [1.54, 1.807) is 24.3 Å². The maximum absolute atomic E-state index is 12.1. The first kappa shape index (κ1) is 16.3. The first-order valence-electron chi connectivity index (χ1n) is 6.03. The Labute approximate surface area is 132 Å².